The average Bonchev–Trinajstić information content (AvgIpc) is 3.01. The molecule has 0 saturated carbocycles. The number of hydrogen-bond acceptors (Lipinski definition) is 7. The number of sulfonamides is 1. The Morgan fingerprint density at radius 2 is 1.92 bits per heavy atom. The van der Waals surface area contributed by atoms with Gasteiger partial charge < -0.3 is 14.4 Å². The molecule has 0 aliphatic carbocycles. The zero-order valence-corrected chi connectivity index (χ0v) is 13.7. The van der Waals surface area contributed by atoms with Gasteiger partial charge in [0.25, 0.3) is 0 Å². The average molecular weight is 352 g/mol. The summed E-state index contributed by atoms with van der Waals surface area (Å²) in [5, 5.41) is 16.7. The second-order valence-corrected chi connectivity index (χ2v) is 7.27. The summed E-state index contributed by atoms with van der Waals surface area (Å²) in [4.78, 5) is 12.8. The molecule has 2 heterocycles. The Balaban J connectivity index is 1.75. The first-order chi connectivity index (χ1) is 11.4. The molecule has 3 rings (SSSR count). The molecule has 0 spiro atoms. The van der Waals surface area contributed by atoms with Crippen molar-refractivity contribution in [3.63, 3.8) is 0 Å². The maximum Gasteiger partial charge on any atom is 0.335 e. The van der Waals surface area contributed by atoms with Gasteiger partial charge in [-0.05, 0) is 18.2 Å². The number of hydrogen-bond donors (Lipinski definition) is 1. The Morgan fingerprint density at radius 1 is 1.21 bits per heavy atom. The Hall–Kier alpha value is -2.46. The van der Waals surface area contributed by atoms with Crippen molar-refractivity contribution in [3.8, 4) is 0 Å². The molecule has 1 aromatic heterocycles. The predicted molar refractivity (Wildman–Crippen MR) is 83.4 cm³/mol. The molecule has 10 heteroatoms. The first-order valence-electron chi connectivity index (χ1n) is 7.26. The highest BCUT2D eigenvalue weighted by Crippen LogP contribution is 2.21. The number of carboxylic acids is 1. The van der Waals surface area contributed by atoms with Crippen LogP contribution in [-0.4, -0.2) is 60.2 Å². The van der Waals surface area contributed by atoms with Crippen LogP contribution >= 0.6 is 0 Å². The van der Waals surface area contributed by atoms with Crippen LogP contribution < -0.4 is 4.90 Å². The van der Waals surface area contributed by atoms with Crippen LogP contribution in [0.1, 0.15) is 16.2 Å². The first-order valence-corrected chi connectivity index (χ1v) is 8.70. The van der Waals surface area contributed by atoms with Crippen LogP contribution in [0.3, 0.4) is 0 Å². The van der Waals surface area contributed by atoms with E-state index in [0.717, 1.165) is 0 Å². The fourth-order valence-electron chi connectivity index (χ4n) is 2.47. The minimum absolute atomic E-state index is 0.0236. The number of aryl methyl sites for hydroxylation is 1. The zero-order valence-electron chi connectivity index (χ0n) is 12.9. The molecular weight excluding hydrogens is 336 g/mol. The summed E-state index contributed by atoms with van der Waals surface area (Å²) in [6.07, 6.45) is 0. The minimum Gasteiger partial charge on any atom is -0.478 e. The summed E-state index contributed by atoms with van der Waals surface area (Å²) in [5.74, 6) is -0.714. The third kappa shape index (κ3) is 3.10. The van der Waals surface area contributed by atoms with Gasteiger partial charge in [0.05, 0.1) is 10.5 Å². The summed E-state index contributed by atoms with van der Waals surface area (Å²) < 4.78 is 32.0. The lowest BCUT2D eigenvalue weighted by Gasteiger charge is -2.32. The molecule has 9 nitrogen and oxygen atoms in total. The van der Waals surface area contributed by atoms with Crippen LogP contribution in [0.15, 0.2) is 33.6 Å². The van der Waals surface area contributed by atoms with Crippen molar-refractivity contribution in [3.05, 3.63) is 35.7 Å². The Morgan fingerprint density at radius 3 is 2.50 bits per heavy atom. The van der Waals surface area contributed by atoms with Crippen LogP contribution in [0, 0.1) is 6.92 Å². The van der Waals surface area contributed by atoms with E-state index < -0.39 is 16.0 Å². The van der Waals surface area contributed by atoms with Crippen LogP contribution in [0.25, 0.3) is 0 Å². The SMILES string of the molecule is Cc1nnc(N2CCN(S(=O)(=O)c3cccc(C(=O)O)c3)CC2)o1. The molecule has 1 aliphatic rings. The van der Waals surface area contributed by atoms with Gasteiger partial charge in [-0.15, -0.1) is 5.10 Å². The number of rotatable bonds is 4. The van der Waals surface area contributed by atoms with E-state index in [1.54, 1.807) is 6.92 Å². The van der Waals surface area contributed by atoms with Gasteiger partial charge in [-0.3, -0.25) is 0 Å². The molecule has 1 fully saturated rings. The molecule has 1 N–H and O–H groups in total. The number of carboxylic acid groups (broad SMARTS) is 1. The molecule has 2 aromatic rings. The summed E-state index contributed by atoms with van der Waals surface area (Å²) in [6.45, 7) is 3.02. The highest BCUT2D eigenvalue weighted by Gasteiger charge is 2.30. The van der Waals surface area contributed by atoms with Gasteiger partial charge in [-0.2, -0.15) is 4.31 Å². The Kier molecular flexibility index (Phi) is 4.24. The Bertz CT molecular complexity index is 856. The zero-order chi connectivity index (χ0) is 17.3. The van der Waals surface area contributed by atoms with Gasteiger partial charge in [-0.1, -0.05) is 11.2 Å². The summed E-state index contributed by atoms with van der Waals surface area (Å²) >= 11 is 0. The topological polar surface area (TPSA) is 117 Å². The van der Waals surface area contributed by atoms with Crippen LogP contribution in [-0.2, 0) is 10.0 Å². The third-order valence-corrected chi connectivity index (χ3v) is 5.64. The maximum atomic E-state index is 12.7. The molecule has 0 radical (unpaired) electrons. The predicted octanol–water partition coefficient (Wildman–Crippen LogP) is 0.587. The largest absolute Gasteiger partial charge is 0.478 e. The molecule has 1 aliphatic heterocycles. The number of anilines is 1. The van der Waals surface area contributed by atoms with Crippen LogP contribution in [0.5, 0.6) is 0 Å². The van der Waals surface area contributed by atoms with E-state index in [9.17, 15) is 13.2 Å². The molecule has 0 unspecified atom stereocenters. The van der Waals surface area contributed by atoms with Gasteiger partial charge in [0.15, 0.2) is 0 Å². The lowest BCUT2D eigenvalue weighted by atomic mass is 10.2. The molecular formula is C14H16N4O5S. The molecule has 0 amide bonds. The molecule has 0 atom stereocenters. The molecule has 1 saturated heterocycles. The third-order valence-electron chi connectivity index (χ3n) is 3.74. The first kappa shape index (κ1) is 16.4. The van der Waals surface area contributed by atoms with Gasteiger partial charge in [0, 0.05) is 33.1 Å². The number of benzene rings is 1. The molecule has 24 heavy (non-hydrogen) atoms. The van der Waals surface area contributed by atoms with E-state index in [4.69, 9.17) is 9.52 Å². The second kappa shape index (κ2) is 6.21. The number of carbonyl (C=O) groups is 1. The van der Waals surface area contributed by atoms with Gasteiger partial charge in [-0.25, -0.2) is 13.2 Å². The molecule has 1 aromatic carbocycles. The fourth-order valence-corrected chi connectivity index (χ4v) is 3.94. The smallest absolute Gasteiger partial charge is 0.335 e. The lowest BCUT2D eigenvalue weighted by Crippen LogP contribution is -2.48. The number of aromatic carboxylic acids is 1. The van der Waals surface area contributed by atoms with Crippen LogP contribution in [0.2, 0.25) is 0 Å². The van der Waals surface area contributed by atoms with Crippen molar-refractivity contribution < 1.29 is 22.7 Å². The van der Waals surface area contributed by atoms with E-state index in [0.29, 0.717) is 25.0 Å². The van der Waals surface area contributed by atoms with E-state index in [1.165, 1.54) is 28.6 Å². The number of nitrogens with zero attached hydrogens (tertiary/aromatic N) is 4. The quantitative estimate of drug-likeness (QED) is 0.849. The second-order valence-electron chi connectivity index (χ2n) is 5.33. The van der Waals surface area contributed by atoms with Gasteiger partial charge in [0.2, 0.25) is 15.9 Å². The van der Waals surface area contributed by atoms with Crippen molar-refractivity contribution in [2.75, 3.05) is 31.1 Å². The highest BCUT2D eigenvalue weighted by atomic mass is 32.2. The fraction of sp³-hybridized carbons (Fsp3) is 0.357. The van der Waals surface area contributed by atoms with E-state index in [-0.39, 0.29) is 23.5 Å². The van der Waals surface area contributed by atoms with Crippen molar-refractivity contribution in [2.24, 2.45) is 0 Å². The summed E-state index contributed by atoms with van der Waals surface area (Å²) in [5.41, 5.74) is -0.0592. The van der Waals surface area contributed by atoms with Gasteiger partial charge in [0.1, 0.15) is 0 Å². The maximum absolute atomic E-state index is 12.7. The van der Waals surface area contributed by atoms with E-state index in [1.807, 2.05) is 4.90 Å². The van der Waals surface area contributed by atoms with Gasteiger partial charge >= 0.3 is 12.0 Å². The van der Waals surface area contributed by atoms with E-state index in [2.05, 4.69) is 10.2 Å². The van der Waals surface area contributed by atoms with Crippen molar-refractivity contribution >= 4 is 22.0 Å². The number of piperazine rings is 1. The molecule has 0 bridgehead atoms. The Labute approximate surface area is 138 Å². The van der Waals surface area contributed by atoms with Crippen molar-refractivity contribution in [1.29, 1.82) is 0 Å². The normalized spacial score (nSPS) is 16.3. The monoisotopic (exact) mass is 352 g/mol. The van der Waals surface area contributed by atoms with Crippen molar-refractivity contribution in [1.82, 2.24) is 14.5 Å². The highest BCUT2D eigenvalue weighted by molar-refractivity contribution is 7.89. The standard InChI is InChI=1S/C14H16N4O5S/c1-10-15-16-14(23-10)17-5-7-18(8-6-17)24(21,22)12-4-2-3-11(9-12)13(19)20/h2-4,9H,5-8H2,1H3,(H,19,20). The van der Waals surface area contributed by atoms with Crippen molar-refractivity contribution in [2.45, 2.75) is 11.8 Å². The lowest BCUT2D eigenvalue weighted by molar-refractivity contribution is 0.0696. The van der Waals surface area contributed by atoms with E-state index >= 15 is 0 Å². The minimum atomic E-state index is -3.74. The summed E-state index contributed by atoms with van der Waals surface area (Å²) in [7, 11) is -3.74. The number of aromatic nitrogens is 2. The van der Waals surface area contributed by atoms with Crippen LogP contribution in [0.4, 0.5) is 6.01 Å². The molecule has 128 valence electrons. The summed E-state index contributed by atoms with van der Waals surface area (Å²) in [6, 6.07) is 5.73.